The van der Waals surface area contributed by atoms with E-state index < -0.39 is 35.1 Å². The number of ether oxygens (including phenoxy) is 1. The van der Waals surface area contributed by atoms with Crippen LogP contribution in [0.2, 0.25) is 0 Å². The van der Waals surface area contributed by atoms with Crippen molar-refractivity contribution in [3.63, 3.8) is 0 Å². The van der Waals surface area contributed by atoms with Gasteiger partial charge >= 0.3 is 5.97 Å². The van der Waals surface area contributed by atoms with Gasteiger partial charge < -0.3 is 19.4 Å². The Morgan fingerprint density at radius 1 is 1.14 bits per heavy atom. The lowest BCUT2D eigenvalue weighted by atomic mass is 9.85. The molecular formula is C21H18O7. The largest absolute Gasteiger partial charge is 0.507 e. The first-order valence-corrected chi connectivity index (χ1v) is 8.53. The average molecular weight is 382 g/mol. The van der Waals surface area contributed by atoms with Gasteiger partial charge in [0.05, 0.1) is 17.4 Å². The maximum Gasteiger partial charge on any atom is 0.374 e. The molecule has 1 heterocycles. The van der Waals surface area contributed by atoms with Crippen molar-refractivity contribution in [1.82, 2.24) is 0 Å². The van der Waals surface area contributed by atoms with E-state index in [0.29, 0.717) is 0 Å². The SMILES string of the molecule is CC(C)=CC[C@@H](OC(=O)c1ccco1)C1=CC(=O)c2c(O)ccc(O)c2C1=O. The monoisotopic (exact) mass is 382 g/mol. The molecule has 1 aromatic carbocycles. The number of fused-ring (bicyclic) bond motifs is 1. The lowest BCUT2D eigenvalue weighted by molar-refractivity contribution is 0.0337. The van der Waals surface area contributed by atoms with Crippen molar-refractivity contribution in [2.24, 2.45) is 0 Å². The molecule has 0 unspecified atom stereocenters. The van der Waals surface area contributed by atoms with Gasteiger partial charge in [0, 0.05) is 12.0 Å². The molecule has 1 aliphatic rings. The molecule has 144 valence electrons. The van der Waals surface area contributed by atoms with Crippen molar-refractivity contribution in [1.29, 1.82) is 0 Å². The van der Waals surface area contributed by atoms with Crippen molar-refractivity contribution in [2.45, 2.75) is 26.4 Å². The normalized spacial score (nSPS) is 14.1. The number of furan rings is 1. The van der Waals surface area contributed by atoms with E-state index in [1.807, 2.05) is 13.8 Å². The fourth-order valence-electron chi connectivity index (χ4n) is 2.89. The quantitative estimate of drug-likeness (QED) is 0.461. The van der Waals surface area contributed by atoms with Crippen LogP contribution in [0.4, 0.5) is 0 Å². The van der Waals surface area contributed by atoms with Gasteiger partial charge in [-0.2, -0.15) is 0 Å². The molecule has 0 bridgehead atoms. The number of carbonyl (C=O) groups is 3. The predicted octanol–water partition coefficient (Wildman–Crippen LogP) is 3.58. The highest BCUT2D eigenvalue weighted by Crippen LogP contribution is 2.36. The van der Waals surface area contributed by atoms with Gasteiger partial charge in [-0.05, 0) is 44.2 Å². The molecule has 0 radical (unpaired) electrons. The number of hydrogen-bond acceptors (Lipinski definition) is 7. The van der Waals surface area contributed by atoms with Crippen LogP contribution >= 0.6 is 0 Å². The molecule has 1 aromatic heterocycles. The first kappa shape index (κ1) is 19.2. The lowest BCUT2D eigenvalue weighted by Crippen LogP contribution is -2.29. The molecule has 3 rings (SSSR count). The van der Waals surface area contributed by atoms with E-state index in [9.17, 15) is 24.6 Å². The van der Waals surface area contributed by atoms with E-state index in [2.05, 4.69) is 0 Å². The smallest absolute Gasteiger partial charge is 0.374 e. The van der Waals surface area contributed by atoms with Crippen molar-refractivity contribution in [3.8, 4) is 11.5 Å². The van der Waals surface area contributed by atoms with E-state index >= 15 is 0 Å². The van der Waals surface area contributed by atoms with Gasteiger partial charge in [0.1, 0.15) is 17.6 Å². The molecule has 7 nitrogen and oxygen atoms in total. The van der Waals surface area contributed by atoms with Crippen LogP contribution in [0.15, 0.2) is 58.2 Å². The minimum atomic E-state index is -1.07. The van der Waals surface area contributed by atoms with E-state index in [4.69, 9.17) is 9.15 Å². The molecule has 0 aliphatic heterocycles. The number of allylic oxidation sites excluding steroid dienone is 2. The van der Waals surface area contributed by atoms with Gasteiger partial charge in [0.15, 0.2) is 11.6 Å². The molecule has 2 aromatic rings. The highest BCUT2D eigenvalue weighted by atomic mass is 16.6. The number of esters is 1. The minimum absolute atomic E-state index is 0.0433. The Bertz CT molecular complexity index is 1010. The number of aromatic hydroxyl groups is 2. The number of ketones is 2. The van der Waals surface area contributed by atoms with Crippen molar-refractivity contribution < 1.29 is 33.8 Å². The number of benzene rings is 1. The average Bonchev–Trinajstić information content (AvgIpc) is 3.18. The van der Waals surface area contributed by atoms with Crippen LogP contribution in [0.5, 0.6) is 11.5 Å². The molecule has 0 saturated carbocycles. The summed E-state index contributed by atoms with van der Waals surface area (Å²) in [6.07, 6.45) is 3.18. The zero-order valence-electron chi connectivity index (χ0n) is 15.3. The highest BCUT2D eigenvalue weighted by molar-refractivity contribution is 6.27. The van der Waals surface area contributed by atoms with Gasteiger partial charge in [0.25, 0.3) is 0 Å². The number of phenols is 2. The van der Waals surface area contributed by atoms with Gasteiger partial charge in [-0.15, -0.1) is 0 Å². The Balaban J connectivity index is 2.01. The minimum Gasteiger partial charge on any atom is -0.507 e. The second-order valence-corrected chi connectivity index (χ2v) is 6.54. The standard InChI is InChI=1S/C21H18O7/c1-11(2)5-8-16(28-21(26)17-4-3-9-27-17)12-10-15(24)18-13(22)6-7-14(23)19(18)20(12)25/h3-7,9-10,16,22-23H,8H2,1-2H3/t16-/m1/s1. The Morgan fingerprint density at radius 2 is 1.82 bits per heavy atom. The molecule has 0 amide bonds. The Labute approximate surface area is 160 Å². The van der Waals surface area contributed by atoms with E-state index in [1.165, 1.54) is 18.4 Å². The number of rotatable bonds is 5. The summed E-state index contributed by atoms with van der Waals surface area (Å²) in [5.74, 6) is -3.02. The molecular weight excluding hydrogens is 364 g/mol. The number of phenolic OH excluding ortho intramolecular Hbond substituents is 2. The first-order valence-electron chi connectivity index (χ1n) is 8.53. The van der Waals surface area contributed by atoms with Gasteiger partial charge in [0.2, 0.25) is 5.76 Å². The van der Waals surface area contributed by atoms with Crippen LogP contribution in [0.3, 0.4) is 0 Å². The van der Waals surface area contributed by atoms with E-state index in [1.54, 1.807) is 6.08 Å². The zero-order valence-corrected chi connectivity index (χ0v) is 15.3. The second-order valence-electron chi connectivity index (χ2n) is 6.54. The first-order chi connectivity index (χ1) is 13.3. The van der Waals surface area contributed by atoms with Crippen LogP contribution in [-0.2, 0) is 4.74 Å². The highest BCUT2D eigenvalue weighted by Gasteiger charge is 2.36. The zero-order chi connectivity index (χ0) is 20.4. The number of hydrogen-bond donors (Lipinski definition) is 2. The molecule has 1 aliphatic carbocycles. The lowest BCUT2D eigenvalue weighted by Gasteiger charge is -2.23. The number of carbonyl (C=O) groups excluding carboxylic acids is 3. The Morgan fingerprint density at radius 3 is 2.43 bits per heavy atom. The third-order valence-electron chi connectivity index (χ3n) is 4.24. The Hall–Kier alpha value is -3.61. The summed E-state index contributed by atoms with van der Waals surface area (Å²) in [4.78, 5) is 37.8. The Kier molecular flexibility index (Phi) is 5.17. The summed E-state index contributed by atoms with van der Waals surface area (Å²) >= 11 is 0. The van der Waals surface area contributed by atoms with E-state index in [-0.39, 0.29) is 28.9 Å². The van der Waals surface area contributed by atoms with Crippen LogP contribution in [-0.4, -0.2) is 33.9 Å². The molecule has 0 spiro atoms. The second kappa shape index (κ2) is 7.56. The predicted molar refractivity (Wildman–Crippen MR) is 98.5 cm³/mol. The fraction of sp³-hybridized carbons (Fsp3) is 0.190. The van der Waals surface area contributed by atoms with Crippen LogP contribution in [0, 0.1) is 0 Å². The molecule has 0 saturated heterocycles. The van der Waals surface area contributed by atoms with Gasteiger partial charge in [-0.3, -0.25) is 9.59 Å². The molecule has 2 N–H and O–H groups in total. The van der Waals surface area contributed by atoms with Crippen LogP contribution < -0.4 is 0 Å². The van der Waals surface area contributed by atoms with Gasteiger partial charge in [-0.25, -0.2) is 4.79 Å². The van der Waals surface area contributed by atoms with Crippen LogP contribution in [0.1, 0.15) is 51.5 Å². The third-order valence-corrected chi connectivity index (χ3v) is 4.24. The summed E-state index contributed by atoms with van der Waals surface area (Å²) in [5.41, 5.74) is 0.261. The van der Waals surface area contributed by atoms with Crippen molar-refractivity contribution in [2.75, 3.05) is 0 Å². The van der Waals surface area contributed by atoms with Gasteiger partial charge in [-0.1, -0.05) is 11.6 Å². The summed E-state index contributed by atoms with van der Waals surface area (Å²) in [5, 5.41) is 20.0. The molecule has 7 heteroatoms. The molecule has 1 atom stereocenters. The summed E-state index contributed by atoms with van der Waals surface area (Å²) in [6.45, 7) is 3.68. The van der Waals surface area contributed by atoms with Crippen molar-refractivity contribution >= 4 is 17.5 Å². The topological polar surface area (TPSA) is 114 Å². The third kappa shape index (κ3) is 3.59. The maximum absolute atomic E-state index is 13.0. The fourth-order valence-corrected chi connectivity index (χ4v) is 2.89. The summed E-state index contributed by atoms with van der Waals surface area (Å²) in [6, 6.07) is 5.20. The molecule has 28 heavy (non-hydrogen) atoms. The number of Topliss-reactive ketones (excluding diaryl/α,β-unsaturated/α-hetero) is 1. The molecule has 0 fully saturated rings. The summed E-state index contributed by atoms with van der Waals surface area (Å²) in [7, 11) is 0. The van der Waals surface area contributed by atoms with Crippen LogP contribution in [0.25, 0.3) is 0 Å². The van der Waals surface area contributed by atoms with E-state index in [0.717, 1.165) is 23.8 Å². The summed E-state index contributed by atoms with van der Waals surface area (Å²) < 4.78 is 10.4. The van der Waals surface area contributed by atoms with Crippen molar-refractivity contribution in [3.05, 3.63) is 70.7 Å². The maximum atomic E-state index is 13.0.